The predicted octanol–water partition coefficient (Wildman–Crippen LogP) is 2.21. The lowest BCUT2D eigenvalue weighted by Gasteiger charge is -2.28. The van der Waals surface area contributed by atoms with Crippen LogP contribution in [0.1, 0.15) is 30.9 Å². The highest BCUT2D eigenvalue weighted by atomic mass is 35.5. The van der Waals surface area contributed by atoms with Crippen LogP contribution in [0.2, 0.25) is 0 Å². The van der Waals surface area contributed by atoms with Gasteiger partial charge < -0.3 is 15.0 Å². The van der Waals surface area contributed by atoms with Gasteiger partial charge in [0.25, 0.3) is 0 Å². The minimum Gasteiger partial charge on any atom is -0.378 e. The zero-order valence-corrected chi connectivity index (χ0v) is 13.0. The Morgan fingerprint density at radius 3 is 3.15 bits per heavy atom. The molecular formula is C14H21ClN2O2S. The number of ether oxygens (including phenoxy) is 1. The molecule has 0 bridgehead atoms. The monoisotopic (exact) mass is 316 g/mol. The summed E-state index contributed by atoms with van der Waals surface area (Å²) in [5.74, 6) is 0.261. The van der Waals surface area contributed by atoms with E-state index >= 15 is 0 Å². The minimum absolute atomic E-state index is 0. The number of hydrogen-bond donors (Lipinski definition) is 1. The summed E-state index contributed by atoms with van der Waals surface area (Å²) in [6.07, 6.45) is 2.76. The van der Waals surface area contributed by atoms with Gasteiger partial charge in [0, 0.05) is 25.6 Å². The van der Waals surface area contributed by atoms with Crippen molar-refractivity contribution in [3.8, 4) is 0 Å². The summed E-state index contributed by atoms with van der Waals surface area (Å²) in [5.41, 5.74) is 1.30. The number of amides is 1. The Morgan fingerprint density at radius 1 is 1.55 bits per heavy atom. The highest BCUT2D eigenvalue weighted by Gasteiger charge is 2.31. The molecule has 1 N–H and O–H groups in total. The summed E-state index contributed by atoms with van der Waals surface area (Å²) < 4.78 is 5.41. The average molecular weight is 317 g/mol. The molecule has 2 saturated heterocycles. The van der Waals surface area contributed by atoms with Crippen molar-refractivity contribution in [2.75, 3.05) is 26.3 Å². The normalized spacial score (nSPS) is 26.3. The molecule has 2 aliphatic rings. The Hall–Kier alpha value is -0.620. The van der Waals surface area contributed by atoms with Gasteiger partial charge in [-0.1, -0.05) is 0 Å². The number of thiophene rings is 1. The van der Waals surface area contributed by atoms with Gasteiger partial charge in [-0.3, -0.25) is 4.79 Å². The highest BCUT2D eigenvalue weighted by molar-refractivity contribution is 7.07. The van der Waals surface area contributed by atoms with Crippen molar-refractivity contribution in [3.63, 3.8) is 0 Å². The van der Waals surface area contributed by atoms with Crippen molar-refractivity contribution >= 4 is 29.7 Å². The third-order valence-electron chi connectivity index (χ3n) is 3.92. The second-order valence-electron chi connectivity index (χ2n) is 5.23. The average Bonchev–Trinajstić information content (AvgIpc) is 3.10. The first-order valence-electron chi connectivity index (χ1n) is 6.97. The van der Waals surface area contributed by atoms with Crippen molar-refractivity contribution in [2.24, 2.45) is 0 Å². The molecule has 112 valence electrons. The number of carbonyl (C=O) groups excluding carboxylic acids is 1. The van der Waals surface area contributed by atoms with E-state index < -0.39 is 0 Å². The van der Waals surface area contributed by atoms with Crippen LogP contribution in [0.4, 0.5) is 0 Å². The van der Waals surface area contributed by atoms with Gasteiger partial charge >= 0.3 is 0 Å². The Bertz CT molecular complexity index is 421. The molecule has 2 aliphatic heterocycles. The third kappa shape index (κ3) is 3.52. The summed E-state index contributed by atoms with van der Waals surface area (Å²) >= 11 is 1.71. The van der Waals surface area contributed by atoms with Crippen molar-refractivity contribution in [1.29, 1.82) is 0 Å². The van der Waals surface area contributed by atoms with Crippen LogP contribution in [-0.2, 0) is 9.53 Å². The summed E-state index contributed by atoms with van der Waals surface area (Å²) in [6, 6.07) is 2.62. The molecule has 0 aliphatic carbocycles. The highest BCUT2D eigenvalue weighted by Crippen LogP contribution is 2.33. The van der Waals surface area contributed by atoms with E-state index in [2.05, 4.69) is 27.0 Å². The van der Waals surface area contributed by atoms with Gasteiger partial charge in [-0.15, -0.1) is 12.4 Å². The first-order chi connectivity index (χ1) is 9.34. The molecule has 2 atom stereocenters. The summed E-state index contributed by atoms with van der Waals surface area (Å²) in [5, 5.41) is 7.61. The molecular weight excluding hydrogens is 296 g/mol. The van der Waals surface area contributed by atoms with Gasteiger partial charge in [-0.2, -0.15) is 11.3 Å². The Balaban J connectivity index is 0.00000147. The molecule has 0 aromatic carbocycles. The lowest BCUT2D eigenvalue weighted by atomic mass is 10.1. The fourth-order valence-corrected chi connectivity index (χ4v) is 3.66. The molecule has 1 aromatic heterocycles. The topological polar surface area (TPSA) is 41.6 Å². The van der Waals surface area contributed by atoms with Crippen LogP contribution in [0.25, 0.3) is 0 Å². The molecule has 0 spiro atoms. The molecule has 3 heterocycles. The molecule has 3 rings (SSSR count). The van der Waals surface area contributed by atoms with E-state index in [0.717, 1.165) is 32.5 Å². The summed E-state index contributed by atoms with van der Waals surface area (Å²) in [4.78, 5) is 14.5. The minimum atomic E-state index is 0. The second kappa shape index (κ2) is 7.41. The third-order valence-corrected chi connectivity index (χ3v) is 4.62. The largest absolute Gasteiger partial charge is 0.378 e. The molecule has 1 aromatic rings. The number of nitrogens with zero attached hydrogens (tertiary/aromatic N) is 1. The fraction of sp³-hybridized carbons (Fsp3) is 0.643. The van der Waals surface area contributed by atoms with Gasteiger partial charge in [0.05, 0.1) is 19.3 Å². The molecule has 4 nitrogen and oxygen atoms in total. The predicted molar refractivity (Wildman–Crippen MR) is 82.5 cm³/mol. The maximum Gasteiger partial charge on any atom is 0.224 e. The summed E-state index contributed by atoms with van der Waals surface area (Å²) in [7, 11) is 0. The van der Waals surface area contributed by atoms with Gasteiger partial charge in [0.2, 0.25) is 5.91 Å². The molecule has 20 heavy (non-hydrogen) atoms. The zero-order valence-electron chi connectivity index (χ0n) is 11.4. The van der Waals surface area contributed by atoms with Crippen LogP contribution >= 0.6 is 23.7 Å². The lowest BCUT2D eigenvalue weighted by Crippen LogP contribution is -2.45. The van der Waals surface area contributed by atoms with E-state index in [1.807, 2.05) is 0 Å². The molecule has 0 saturated carbocycles. The summed E-state index contributed by atoms with van der Waals surface area (Å²) in [6.45, 7) is 3.16. The molecule has 0 radical (unpaired) electrons. The van der Waals surface area contributed by atoms with Gasteiger partial charge in [-0.05, 0) is 35.2 Å². The van der Waals surface area contributed by atoms with E-state index in [1.165, 1.54) is 5.56 Å². The second-order valence-corrected chi connectivity index (χ2v) is 6.01. The maximum absolute atomic E-state index is 12.5. The molecule has 2 unspecified atom stereocenters. The van der Waals surface area contributed by atoms with Gasteiger partial charge in [0.15, 0.2) is 0 Å². The van der Waals surface area contributed by atoms with Gasteiger partial charge in [0.1, 0.15) is 0 Å². The first kappa shape index (κ1) is 15.8. The van der Waals surface area contributed by atoms with E-state index in [-0.39, 0.29) is 24.4 Å². The Labute approximate surface area is 129 Å². The Kier molecular flexibility index (Phi) is 5.84. The standard InChI is InChI=1S/C14H20N2O2S.ClH/c17-14(8-12-9-18-6-4-15-12)16-5-1-2-13(16)11-3-7-19-10-11;/h3,7,10,12-13,15H,1-2,4-6,8-9H2;1H. The van der Waals surface area contributed by atoms with Crippen LogP contribution in [0.3, 0.4) is 0 Å². The van der Waals surface area contributed by atoms with Crippen LogP contribution in [0.5, 0.6) is 0 Å². The fourth-order valence-electron chi connectivity index (χ4n) is 2.96. The van der Waals surface area contributed by atoms with E-state index in [0.29, 0.717) is 19.1 Å². The quantitative estimate of drug-likeness (QED) is 0.929. The van der Waals surface area contributed by atoms with Gasteiger partial charge in [-0.25, -0.2) is 0 Å². The first-order valence-corrected chi connectivity index (χ1v) is 7.91. The number of halogens is 1. The van der Waals surface area contributed by atoms with Crippen LogP contribution in [0, 0.1) is 0 Å². The smallest absolute Gasteiger partial charge is 0.224 e. The van der Waals surface area contributed by atoms with Crippen molar-refractivity contribution in [3.05, 3.63) is 22.4 Å². The number of nitrogens with one attached hydrogen (secondary N) is 1. The number of rotatable bonds is 3. The van der Waals surface area contributed by atoms with E-state index in [9.17, 15) is 4.79 Å². The Morgan fingerprint density at radius 2 is 2.45 bits per heavy atom. The number of likely N-dealkylation sites (tertiary alicyclic amines) is 1. The molecule has 2 fully saturated rings. The van der Waals surface area contributed by atoms with Crippen molar-refractivity contribution in [2.45, 2.75) is 31.3 Å². The number of hydrogen-bond acceptors (Lipinski definition) is 4. The van der Waals surface area contributed by atoms with E-state index in [1.54, 1.807) is 11.3 Å². The maximum atomic E-state index is 12.5. The SMILES string of the molecule is Cl.O=C(CC1COCCN1)N1CCCC1c1ccsc1. The van der Waals surface area contributed by atoms with Crippen LogP contribution < -0.4 is 5.32 Å². The van der Waals surface area contributed by atoms with Crippen LogP contribution in [0.15, 0.2) is 16.8 Å². The number of carbonyl (C=O) groups is 1. The van der Waals surface area contributed by atoms with Crippen molar-refractivity contribution < 1.29 is 9.53 Å². The number of morpholine rings is 1. The van der Waals surface area contributed by atoms with Crippen molar-refractivity contribution in [1.82, 2.24) is 10.2 Å². The molecule has 1 amide bonds. The van der Waals surface area contributed by atoms with Crippen LogP contribution in [-0.4, -0.2) is 43.2 Å². The van der Waals surface area contributed by atoms with E-state index in [4.69, 9.17) is 4.74 Å². The lowest BCUT2D eigenvalue weighted by molar-refractivity contribution is -0.133. The molecule has 6 heteroatoms. The zero-order chi connectivity index (χ0) is 13.1.